The van der Waals surface area contributed by atoms with Gasteiger partial charge in [-0.05, 0) is 70.5 Å². The number of carbonyl (C=O) groups excluding carboxylic acids is 2. The second-order valence-corrected chi connectivity index (χ2v) is 8.61. The van der Waals surface area contributed by atoms with Gasteiger partial charge in [-0.2, -0.15) is 0 Å². The second kappa shape index (κ2) is 11.1. The van der Waals surface area contributed by atoms with E-state index in [2.05, 4.69) is 50.2 Å². The Hall–Kier alpha value is -3.14. The van der Waals surface area contributed by atoms with Crippen LogP contribution in [0.1, 0.15) is 74.6 Å². The number of methoxy groups -OCH3 is 2. The number of ether oxygens (including phenoxy) is 2. The quantitative estimate of drug-likeness (QED) is 0.301. The first-order valence-corrected chi connectivity index (χ1v) is 11.8. The predicted molar refractivity (Wildman–Crippen MR) is 134 cm³/mol. The van der Waals surface area contributed by atoms with Crippen molar-refractivity contribution in [3.8, 4) is 11.1 Å². The van der Waals surface area contributed by atoms with Gasteiger partial charge in [0.25, 0.3) is 0 Å². The van der Waals surface area contributed by atoms with Crippen molar-refractivity contribution in [2.45, 2.75) is 57.8 Å². The summed E-state index contributed by atoms with van der Waals surface area (Å²) in [7, 11) is 2.76. The molecule has 0 aliphatic heterocycles. The van der Waals surface area contributed by atoms with Gasteiger partial charge < -0.3 is 9.47 Å². The number of carbonyl (C=O) groups is 2. The molecule has 0 amide bonds. The average Bonchev–Trinajstić information content (AvgIpc) is 3.11. The summed E-state index contributed by atoms with van der Waals surface area (Å²) in [6.45, 7) is 4.48. The molecular weight excluding hydrogens is 412 g/mol. The number of benzene rings is 2. The van der Waals surface area contributed by atoms with Crippen LogP contribution in [0.5, 0.6) is 0 Å². The van der Waals surface area contributed by atoms with E-state index in [1.54, 1.807) is 12.2 Å². The Balaban J connectivity index is 2.16. The predicted octanol–water partition coefficient (Wildman–Crippen LogP) is 6.71. The molecule has 0 saturated heterocycles. The molecule has 0 N–H and O–H groups in total. The fourth-order valence-electron chi connectivity index (χ4n) is 4.84. The number of unbranched alkanes of at least 4 members (excludes halogenated alkanes) is 2. The second-order valence-electron chi connectivity index (χ2n) is 8.61. The lowest BCUT2D eigenvalue weighted by molar-refractivity contribution is -0.135. The van der Waals surface area contributed by atoms with Crippen LogP contribution in [0, 0.1) is 0 Å². The minimum absolute atomic E-state index is 0.00806. The molecule has 0 bridgehead atoms. The van der Waals surface area contributed by atoms with Gasteiger partial charge in [-0.15, -0.1) is 0 Å². The van der Waals surface area contributed by atoms with E-state index in [0.29, 0.717) is 0 Å². The maximum Gasteiger partial charge on any atom is 0.330 e. The highest BCUT2D eigenvalue weighted by Crippen LogP contribution is 2.54. The van der Waals surface area contributed by atoms with E-state index in [9.17, 15) is 9.59 Å². The summed E-state index contributed by atoms with van der Waals surface area (Å²) in [5.74, 6) is -0.738. The van der Waals surface area contributed by atoms with Crippen LogP contribution in [-0.4, -0.2) is 26.2 Å². The zero-order valence-electron chi connectivity index (χ0n) is 20.1. The fourth-order valence-corrected chi connectivity index (χ4v) is 4.84. The summed E-state index contributed by atoms with van der Waals surface area (Å²) in [5, 5.41) is 0. The smallest absolute Gasteiger partial charge is 0.330 e. The van der Waals surface area contributed by atoms with Crippen molar-refractivity contribution in [3.63, 3.8) is 0 Å². The number of rotatable bonds is 10. The van der Waals surface area contributed by atoms with Crippen molar-refractivity contribution in [2.75, 3.05) is 14.2 Å². The Morgan fingerprint density at radius 1 is 0.758 bits per heavy atom. The third kappa shape index (κ3) is 5.27. The average molecular weight is 447 g/mol. The Morgan fingerprint density at radius 3 is 1.55 bits per heavy atom. The first kappa shape index (κ1) is 24.5. The molecule has 33 heavy (non-hydrogen) atoms. The summed E-state index contributed by atoms with van der Waals surface area (Å²) in [6.07, 6.45) is 13.3. The van der Waals surface area contributed by atoms with Crippen LogP contribution in [0.15, 0.2) is 48.6 Å². The molecule has 0 unspecified atom stereocenters. The lowest BCUT2D eigenvalue weighted by atomic mass is 9.71. The zero-order chi connectivity index (χ0) is 23.8. The summed E-state index contributed by atoms with van der Waals surface area (Å²) in [4.78, 5) is 23.2. The molecule has 4 heteroatoms. The molecule has 0 fully saturated rings. The summed E-state index contributed by atoms with van der Waals surface area (Å²) in [6, 6.07) is 13.0. The molecule has 0 spiro atoms. The maximum atomic E-state index is 11.6. The molecule has 1 aliphatic rings. The molecule has 174 valence electrons. The molecule has 2 aromatic carbocycles. The molecule has 0 atom stereocenters. The first-order valence-electron chi connectivity index (χ1n) is 11.8. The van der Waals surface area contributed by atoms with Crippen molar-refractivity contribution in [2.24, 2.45) is 0 Å². The van der Waals surface area contributed by atoms with Crippen molar-refractivity contribution in [1.29, 1.82) is 0 Å². The lowest BCUT2D eigenvalue weighted by Gasteiger charge is -2.32. The fraction of sp³-hybridized carbons (Fsp3) is 0.379. The van der Waals surface area contributed by atoms with Crippen LogP contribution in [0.3, 0.4) is 0 Å². The van der Waals surface area contributed by atoms with Gasteiger partial charge in [0, 0.05) is 17.6 Å². The summed E-state index contributed by atoms with van der Waals surface area (Å²) < 4.78 is 9.49. The summed E-state index contributed by atoms with van der Waals surface area (Å²) in [5.41, 5.74) is 7.05. The Labute approximate surface area is 197 Å². The molecule has 4 nitrogen and oxygen atoms in total. The number of hydrogen-bond donors (Lipinski definition) is 0. The molecule has 3 rings (SSSR count). The van der Waals surface area contributed by atoms with E-state index in [0.717, 1.165) is 49.7 Å². The maximum absolute atomic E-state index is 11.6. The van der Waals surface area contributed by atoms with Crippen LogP contribution in [0.2, 0.25) is 0 Å². The molecule has 0 aromatic heterocycles. The number of fused-ring (bicyclic) bond motifs is 3. The highest BCUT2D eigenvalue weighted by atomic mass is 16.5. The van der Waals surface area contributed by atoms with Crippen molar-refractivity contribution >= 4 is 24.1 Å². The van der Waals surface area contributed by atoms with E-state index in [1.165, 1.54) is 48.6 Å². The number of hydrogen-bond acceptors (Lipinski definition) is 4. The normalized spacial score (nSPS) is 13.8. The van der Waals surface area contributed by atoms with Crippen molar-refractivity contribution in [3.05, 3.63) is 70.8 Å². The highest BCUT2D eigenvalue weighted by molar-refractivity contribution is 5.90. The van der Waals surface area contributed by atoms with Crippen LogP contribution in [0.4, 0.5) is 0 Å². The Kier molecular flexibility index (Phi) is 8.26. The van der Waals surface area contributed by atoms with E-state index >= 15 is 0 Å². The Morgan fingerprint density at radius 2 is 1.18 bits per heavy atom. The lowest BCUT2D eigenvalue weighted by Crippen LogP contribution is -2.25. The molecule has 0 radical (unpaired) electrons. The van der Waals surface area contributed by atoms with E-state index < -0.39 is 0 Å². The van der Waals surface area contributed by atoms with E-state index in [4.69, 9.17) is 9.47 Å². The van der Waals surface area contributed by atoms with Crippen LogP contribution in [0.25, 0.3) is 23.3 Å². The van der Waals surface area contributed by atoms with Gasteiger partial charge in [0.15, 0.2) is 0 Å². The molecular formula is C29H34O4. The molecule has 0 saturated carbocycles. The first-order chi connectivity index (χ1) is 16.0. The van der Waals surface area contributed by atoms with Gasteiger partial charge in [-0.3, -0.25) is 0 Å². The minimum Gasteiger partial charge on any atom is -0.466 e. The monoisotopic (exact) mass is 446 g/mol. The van der Waals surface area contributed by atoms with Gasteiger partial charge in [0.1, 0.15) is 0 Å². The largest absolute Gasteiger partial charge is 0.466 e. The van der Waals surface area contributed by atoms with E-state index in [1.807, 2.05) is 0 Å². The molecule has 0 heterocycles. The SMILES string of the molecule is CCCCC1(CCCC)c2ccc(/C=C/C(=O)OC)cc2-c2cc(/C=C/C(=O)OC)ccc21. The van der Waals surface area contributed by atoms with Gasteiger partial charge in [0.2, 0.25) is 0 Å². The third-order valence-electron chi connectivity index (χ3n) is 6.55. The topological polar surface area (TPSA) is 52.6 Å². The van der Waals surface area contributed by atoms with Crippen LogP contribution >= 0.6 is 0 Å². The van der Waals surface area contributed by atoms with Gasteiger partial charge in [-0.1, -0.05) is 63.8 Å². The van der Waals surface area contributed by atoms with Gasteiger partial charge in [-0.25, -0.2) is 9.59 Å². The zero-order valence-corrected chi connectivity index (χ0v) is 20.1. The standard InChI is InChI=1S/C29H34O4/c1-5-7-17-29(18-8-6-2)25-13-9-21(11-15-27(30)32-3)19-23(25)24-20-22(10-14-26(24)29)12-16-28(31)33-4/h9-16,19-20H,5-8,17-18H2,1-4H3/b15-11+,16-12+. The highest BCUT2D eigenvalue weighted by Gasteiger charge is 2.42. The van der Waals surface area contributed by atoms with E-state index in [-0.39, 0.29) is 17.4 Å². The van der Waals surface area contributed by atoms with Crippen LogP contribution in [-0.2, 0) is 24.5 Å². The summed E-state index contributed by atoms with van der Waals surface area (Å²) >= 11 is 0. The van der Waals surface area contributed by atoms with Crippen molar-refractivity contribution < 1.29 is 19.1 Å². The minimum atomic E-state index is -0.369. The Bertz CT molecular complexity index is 976. The van der Waals surface area contributed by atoms with Gasteiger partial charge >= 0.3 is 11.9 Å². The van der Waals surface area contributed by atoms with Crippen molar-refractivity contribution in [1.82, 2.24) is 0 Å². The molecule has 1 aliphatic carbocycles. The third-order valence-corrected chi connectivity index (χ3v) is 6.55. The molecule has 2 aromatic rings. The number of esters is 2. The van der Waals surface area contributed by atoms with Crippen LogP contribution < -0.4 is 0 Å². The van der Waals surface area contributed by atoms with Gasteiger partial charge in [0.05, 0.1) is 14.2 Å².